The molecule has 0 aromatic rings. The summed E-state index contributed by atoms with van der Waals surface area (Å²) in [4.78, 5) is 1.72. The third-order valence-corrected chi connectivity index (χ3v) is 5.78. The van der Waals surface area contributed by atoms with Crippen molar-refractivity contribution in [3.8, 4) is 0 Å². The van der Waals surface area contributed by atoms with E-state index in [4.69, 9.17) is 4.74 Å². The first kappa shape index (κ1) is 10.5. The zero-order valence-corrected chi connectivity index (χ0v) is 10.7. The number of fused-ring (bicyclic) bond motifs is 1. The molecule has 3 saturated heterocycles. The maximum atomic E-state index is 6.17. The SMILES string of the molecule is C[NH+]1CCC2(CC1)CC1CC3C=CC1(C[NH2+]2)O3. The van der Waals surface area contributed by atoms with E-state index < -0.39 is 0 Å². The molecule has 0 radical (unpaired) electrons. The molecule has 0 aromatic heterocycles. The average molecular weight is 236 g/mol. The van der Waals surface area contributed by atoms with Crippen LogP contribution < -0.4 is 10.2 Å². The fraction of sp³-hybridized carbons (Fsp3) is 0.857. The molecule has 4 aliphatic rings. The summed E-state index contributed by atoms with van der Waals surface area (Å²) in [5.74, 6) is 0.806. The van der Waals surface area contributed by atoms with Crippen molar-refractivity contribution in [2.24, 2.45) is 5.92 Å². The van der Waals surface area contributed by atoms with Crippen molar-refractivity contribution < 1.29 is 15.0 Å². The normalized spacial score (nSPS) is 56.4. The predicted molar refractivity (Wildman–Crippen MR) is 64.8 cm³/mol. The highest BCUT2D eigenvalue weighted by atomic mass is 16.5. The first-order valence-electron chi connectivity index (χ1n) is 7.23. The molecule has 3 unspecified atom stereocenters. The molecule has 2 spiro atoms. The van der Waals surface area contributed by atoms with E-state index in [-0.39, 0.29) is 5.60 Å². The van der Waals surface area contributed by atoms with Gasteiger partial charge in [-0.15, -0.1) is 0 Å². The van der Waals surface area contributed by atoms with Gasteiger partial charge in [0.25, 0.3) is 0 Å². The number of quaternary nitrogens is 2. The zero-order chi connectivity index (χ0) is 11.5. The number of nitrogens with one attached hydrogen (secondary N) is 1. The molecule has 4 heterocycles. The third-order valence-electron chi connectivity index (χ3n) is 5.78. The summed E-state index contributed by atoms with van der Waals surface area (Å²) < 4.78 is 6.17. The second-order valence-corrected chi connectivity index (χ2v) is 6.83. The Bertz CT molecular complexity index is 359. The van der Waals surface area contributed by atoms with Gasteiger partial charge in [-0.25, -0.2) is 0 Å². The Balaban J connectivity index is 1.54. The molecule has 0 amide bonds. The van der Waals surface area contributed by atoms with Crippen LogP contribution in [0.15, 0.2) is 12.2 Å². The largest absolute Gasteiger partial charge is 0.357 e. The van der Waals surface area contributed by atoms with E-state index in [9.17, 15) is 0 Å². The third kappa shape index (κ3) is 1.46. The van der Waals surface area contributed by atoms with Gasteiger partial charge < -0.3 is 15.0 Å². The lowest BCUT2D eigenvalue weighted by Gasteiger charge is -2.46. The summed E-state index contributed by atoms with van der Waals surface area (Å²) in [6.45, 7) is 3.89. The van der Waals surface area contributed by atoms with Crippen LogP contribution in [0.1, 0.15) is 25.7 Å². The van der Waals surface area contributed by atoms with Gasteiger partial charge in [0.05, 0.1) is 39.1 Å². The molecule has 3 N–H and O–H groups in total. The van der Waals surface area contributed by atoms with Gasteiger partial charge in [-0.05, 0) is 12.5 Å². The molecular formula is C14H24N2O+2. The zero-order valence-electron chi connectivity index (χ0n) is 10.7. The van der Waals surface area contributed by atoms with E-state index in [1.54, 1.807) is 4.90 Å². The quantitative estimate of drug-likeness (QED) is 0.504. The molecule has 4 aliphatic heterocycles. The van der Waals surface area contributed by atoms with Crippen LogP contribution in [0.4, 0.5) is 0 Å². The van der Waals surface area contributed by atoms with Crippen molar-refractivity contribution in [3.63, 3.8) is 0 Å². The summed E-state index contributed by atoms with van der Waals surface area (Å²) in [5.41, 5.74) is 0.698. The van der Waals surface area contributed by atoms with Crippen molar-refractivity contribution >= 4 is 0 Å². The summed E-state index contributed by atoms with van der Waals surface area (Å²) in [5, 5.41) is 2.63. The van der Waals surface area contributed by atoms with Crippen molar-refractivity contribution in [1.29, 1.82) is 0 Å². The molecule has 0 aliphatic carbocycles. The van der Waals surface area contributed by atoms with Crippen LogP contribution in [0.2, 0.25) is 0 Å². The van der Waals surface area contributed by atoms with Gasteiger partial charge in [0.2, 0.25) is 0 Å². The molecule has 17 heavy (non-hydrogen) atoms. The van der Waals surface area contributed by atoms with Crippen molar-refractivity contribution in [1.82, 2.24) is 0 Å². The predicted octanol–water partition coefficient (Wildman–Crippen LogP) is -1.29. The maximum absolute atomic E-state index is 6.17. The molecule has 4 rings (SSSR count). The fourth-order valence-electron chi connectivity index (χ4n) is 4.54. The van der Waals surface area contributed by atoms with Gasteiger partial charge in [-0.3, -0.25) is 0 Å². The lowest BCUT2D eigenvalue weighted by atomic mass is 9.68. The highest BCUT2D eigenvalue weighted by Crippen LogP contribution is 2.47. The summed E-state index contributed by atoms with van der Waals surface area (Å²) >= 11 is 0. The van der Waals surface area contributed by atoms with Gasteiger partial charge in [0.1, 0.15) is 17.7 Å². The van der Waals surface area contributed by atoms with Crippen LogP contribution in [0.5, 0.6) is 0 Å². The van der Waals surface area contributed by atoms with Gasteiger partial charge in [0.15, 0.2) is 0 Å². The summed E-state index contributed by atoms with van der Waals surface area (Å²) in [7, 11) is 2.33. The second kappa shape index (κ2) is 3.34. The highest BCUT2D eigenvalue weighted by molar-refractivity contribution is 5.22. The molecule has 0 aromatic carbocycles. The van der Waals surface area contributed by atoms with E-state index in [0.717, 1.165) is 5.92 Å². The summed E-state index contributed by atoms with van der Waals surface area (Å²) in [6.07, 6.45) is 10.6. The maximum Gasteiger partial charge on any atom is 0.139 e. The first-order valence-corrected chi connectivity index (χ1v) is 7.23. The average Bonchev–Trinajstić information content (AvgIpc) is 2.89. The van der Waals surface area contributed by atoms with Crippen molar-refractivity contribution in [2.45, 2.75) is 42.9 Å². The Morgan fingerprint density at radius 2 is 2.18 bits per heavy atom. The standard InChI is InChI=1S/C14H22N2O/c1-16-6-4-13(5-7-16)9-11-8-12-2-3-14(11,17-12)10-15-13/h2-3,11-12,15H,4-10H2,1H3/p+2. The first-order chi connectivity index (χ1) is 8.20. The summed E-state index contributed by atoms with van der Waals surface area (Å²) in [6, 6.07) is 0. The number of ether oxygens (including phenoxy) is 1. The minimum absolute atomic E-state index is 0.131. The van der Waals surface area contributed by atoms with Crippen LogP contribution in [-0.4, -0.2) is 43.9 Å². The Hall–Kier alpha value is -0.380. The Labute approximate surface area is 103 Å². The van der Waals surface area contributed by atoms with E-state index >= 15 is 0 Å². The van der Waals surface area contributed by atoms with E-state index in [1.807, 2.05) is 0 Å². The number of hydrogen-bond donors (Lipinski definition) is 2. The molecule has 3 fully saturated rings. The van der Waals surface area contributed by atoms with Crippen molar-refractivity contribution in [3.05, 3.63) is 12.2 Å². The van der Waals surface area contributed by atoms with Crippen LogP contribution in [0, 0.1) is 5.92 Å². The second-order valence-electron chi connectivity index (χ2n) is 6.83. The number of piperidine rings is 2. The number of nitrogens with two attached hydrogens (primary N) is 1. The van der Waals surface area contributed by atoms with Crippen LogP contribution in [0.25, 0.3) is 0 Å². The monoisotopic (exact) mass is 236 g/mol. The number of rotatable bonds is 0. The fourth-order valence-corrected chi connectivity index (χ4v) is 4.54. The molecule has 3 heteroatoms. The van der Waals surface area contributed by atoms with Crippen LogP contribution >= 0.6 is 0 Å². The minimum Gasteiger partial charge on any atom is -0.357 e. The van der Waals surface area contributed by atoms with Gasteiger partial charge in [-0.1, -0.05) is 6.08 Å². The topological polar surface area (TPSA) is 30.3 Å². The van der Waals surface area contributed by atoms with Crippen LogP contribution in [0.3, 0.4) is 0 Å². The molecular weight excluding hydrogens is 212 g/mol. The number of likely N-dealkylation sites (tertiary alicyclic amines) is 1. The lowest BCUT2D eigenvalue weighted by Crippen LogP contribution is -3.14. The molecule has 3 nitrogen and oxygen atoms in total. The van der Waals surface area contributed by atoms with Gasteiger partial charge in [0, 0.05) is 12.3 Å². The molecule has 94 valence electrons. The Kier molecular flexibility index (Phi) is 2.07. The van der Waals surface area contributed by atoms with Crippen molar-refractivity contribution in [2.75, 3.05) is 26.7 Å². The molecule has 3 atom stereocenters. The van der Waals surface area contributed by atoms with E-state index in [1.165, 1.54) is 45.3 Å². The van der Waals surface area contributed by atoms with Gasteiger partial charge in [-0.2, -0.15) is 0 Å². The highest BCUT2D eigenvalue weighted by Gasteiger charge is 2.59. The van der Waals surface area contributed by atoms with Crippen LogP contribution in [-0.2, 0) is 4.74 Å². The number of hydrogen-bond acceptors (Lipinski definition) is 1. The molecule has 2 bridgehead atoms. The van der Waals surface area contributed by atoms with E-state index in [2.05, 4.69) is 24.5 Å². The molecule has 0 saturated carbocycles. The lowest BCUT2D eigenvalue weighted by molar-refractivity contribution is -0.901. The Morgan fingerprint density at radius 3 is 2.94 bits per heavy atom. The van der Waals surface area contributed by atoms with E-state index in [0.29, 0.717) is 11.6 Å². The van der Waals surface area contributed by atoms with Gasteiger partial charge >= 0.3 is 0 Å². The Morgan fingerprint density at radius 1 is 1.35 bits per heavy atom. The smallest absolute Gasteiger partial charge is 0.139 e. The minimum atomic E-state index is 0.131.